The Bertz CT molecular complexity index is 442. The van der Waals surface area contributed by atoms with Gasteiger partial charge in [-0.1, -0.05) is 0 Å². The zero-order valence-electron chi connectivity index (χ0n) is 12.7. The molecule has 6 heteroatoms. The number of nitrogens with one attached hydrogen (secondary N) is 1. The summed E-state index contributed by atoms with van der Waals surface area (Å²) in [6.45, 7) is 5.74. The van der Waals surface area contributed by atoms with Gasteiger partial charge in [0.2, 0.25) is 5.88 Å². The highest BCUT2D eigenvalue weighted by Gasteiger charge is 2.29. The molecular formula is C15H23N3O3. The van der Waals surface area contributed by atoms with Crippen molar-refractivity contribution in [1.29, 1.82) is 0 Å². The Morgan fingerprint density at radius 3 is 2.95 bits per heavy atom. The molecule has 116 valence electrons. The Labute approximate surface area is 125 Å². The first kappa shape index (κ1) is 15.7. The first-order valence-corrected chi connectivity index (χ1v) is 7.37. The van der Waals surface area contributed by atoms with Crippen LogP contribution in [-0.4, -0.2) is 55.7 Å². The van der Waals surface area contributed by atoms with Gasteiger partial charge in [-0.15, -0.1) is 0 Å². The van der Waals surface area contributed by atoms with Gasteiger partial charge in [-0.05, 0) is 31.5 Å². The fourth-order valence-corrected chi connectivity index (χ4v) is 2.52. The largest absolute Gasteiger partial charge is 0.481 e. The van der Waals surface area contributed by atoms with Gasteiger partial charge in [0.25, 0.3) is 0 Å². The predicted octanol–water partition coefficient (Wildman–Crippen LogP) is 0.990. The summed E-state index contributed by atoms with van der Waals surface area (Å²) in [4.78, 5) is 18.7. The molecule has 0 bridgehead atoms. The van der Waals surface area contributed by atoms with Crippen LogP contribution in [0.15, 0.2) is 18.3 Å². The van der Waals surface area contributed by atoms with E-state index in [0.717, 1.165) is 38.2 Å². The fourth-order valence-electron chi connectivity index (χ4n) is 2.52. The van der Waals surface area contributed by atoms with Crippen LogP contribution in [0.3, 0.4) is 0 Å². The molecule has 1 aliphatic heterocycles. The summed E-state index contributed by atoms with van der Waals surface area (Å²) in [5.41, 5.74) is 0.844. The third-order valence-electron chi connectivity index (χ3n) is 3.53. The predicted molar refractivity (Wildman–Crippen MR) is 79.2 cm³/mol. The molecule has 6 nitrogen and oxygen atoms in total. The summed E-state index contributed by atoms with van der Waals surface area (Å²) in [7, 11) is 1.57. The first-order chi connectivity index (χ1) is 10.3. The number of hydrogen-bond acceptors (Lipinski definition) is 6. The average Bonchev–Trinajstić information content (AvgIpc) is 2.78. The molecule has 1 unspecified atom stereocenters. The number of ether oxygens (including phenoxy) is 2. The van der Waals surface area contributed by atoms with Crippen molar-refractivity contribution in [2.45, 2.75) is 19.4 Å². The first-order valence-electron chi connectivity index (χ1n) is 7.37. The molecule has 21 heavy (non-hydrogen) atoms. The molecule has 0 aromatic carbocycles. The standard InChI is InChI=1S/C15H23N3O3/c1-3-21-15(19)14(18-9-4-7-16-8-10-18)12-5-6-13(20-2)17-11-12/h5-6,11,14,16H,3-4,7-10H2,1-2H3. The number of nitrogens with zero attached hydrogens (tertiary/aromatic N) is 2. The number of hydrogen-bond donors (Lipinski definition) is 1. The summed E-state index contributed by atoms with van der Waals surface area (Å²) in [6.07, 6.45) is 2.71. The topological polar surface area (TPSA) is 63.7 Å². The maximum absolute atomic E-state index is 12.4. The Hall–Kier alpha value is -1.66. The molecular weight excluding hydrogens is 270 g/mol. The lowest BCUT2D eigenvalue weighted by molar-refractivity contribution is -0.149. The summed E-state index contributed by atoms with van der Waals surface area (Å²) in [5, 5.41) is 3.34. The maximum Gasteiger partial charge on any atom is 0.328 e. The van der Waals surface area contributed by atoms with Crippen LogP contribution in [0.2, 0.25) is 0 Å². The number of pyridine rings is 1. The smallest absolute Gasteiger partial charge is 0.328 e. The van der Waals surface area contributed by atoms with Crippen molar-refractivity contribution in [3.05, 3.63) is 23.9 Å². The van der Waals surface area contributed by atoms with Crippen molar-refractivity contribution in [1.82, 2.24) is 15.2 Å². The molecule has 1 aromatic heterocycles. The Morgan fingerprint density at radius 2 is 2.29 bits per heavy atom. The number of carbonyl (C=O) groups is 1. The van der Waals surface area contributed by atoms with Gasteiger partial charge >= 0.3 is 5.97 Å². The third kappa shape index (κ3) is 4.15. The van der Waals surface area contributed by atoms with Crippen LogP contribution in [0.25, 0.3) is 0 Å². The van der Waals surface area contributed by atoms with E-state index in [0.29, 0.717) is 12.5 Å². The number of methoxy groups -OCH3 is 1. The van der Waals surface area contributed by atoms with Gasteiger partial charge in [0, 0.05) is 31.9 Å². The summed E-state index contributed by atoms with van der Waals surface area (Å²) >= 11 is 0. The second kappa shape index (κ2) is 7.95. The van der Waals surface area contributed by atoms with Crippen molar-refractivity contribution >= 4 is 5.97 Å². The zero-order chi connectivity index (χ0) is 15.1. The molecule has 1 saturated heterocycles. The van der Waals surface area contributed by atoms with Gasteiger partial charge in [-0.25, -0.2) is 9.78 Å². The molecule has 0 saturated carbocycles. The molecule has 0 spiro atoms. The van der Waals surface area contributed by atoms with Gasteiger partial charge in [-0.3, -0.25) is 4.90 Å². The van der Waals surface area contributed by atoms with Crippen LogP contribution in [0, 0.1) is 0 Å². The minimum atomic E-state index is -0.400. The van der Waals surface area contributed by atoms with E-state index >= 15 is 0 Å². The second-order valence-corrected chi connectivity index (χ2v) is 4.93. The van der Waals surface area contributed by atoms with E-state index in [1.54, 1.807) is 19.4 Å². The number of aromatic nitrogens is 1. The summed E-state index contributed by atoms with van der Waals surface area (Å²) in [5.74, 6) is 0.324. The number of esters is 1. The number of rotatable bonds is 5. The van der Waals surface area contributed by atoms with Crippen LogP contribution in [-0.2, 0) is 9.53 Å². The van der Waals surface area contributed by atoms with Gasteiger partial charge in [0.15, 0.2) is 0 Å². The van der Waals surface area contributed by atoms with E-state index in [1.807, 2.05) is 13.0 Å². The van der Waals surface area contributed by atoms with Gasteiger partial charge in [0.1, 0.15) is 6.04 Å². The van der Waals surface area contributed by atoms with E-state index in [9.17, 15) is 4.79 Å². The highest BCUT2D eigenvalue weighted by atomic mass is 16.5. The normalized spacial score (nSPS) is 17.8. The molecule has 0 radical (unpaired) electrons. The highest BCUT2D eigenvalue weighted by Crippen LogP contribution is 2.24. The average molecular weight is 293 g/mol. The Kier molecular flexibility index (Phi) is 5.95. The third-order valence-corrected chi connectivity index (χ3v) is 3.53. The summed E-state index contributed by atoms with van der Waals surface area (Å²) < 4.78 is 10.3. The molecule has 1 aliphatic rings. The zero-order valence-corrected chi connectivity index (χ0v) is 12.7. The molecule has 1 aromatic rings. The molecule has 1 N–H and O–H groups in total. The Morgan fingerprint density at radius 1 is 1.43 bits per heavy atom. The molecule has 0 amide bonds. The van der Waals surface area contributed by atoms with E-state index in [-0.39, 0.29) is 5.97 Å². The van der Waals surface area contributed by atoms with Crippen molar-refractivity contribution in [2.75, 3.05) is 39.9 Å². The maximum atomic E-state index is 12.4. The molecule has 1 fully saturated rings. The van der Waals surface area contributed by atoms with Crippen molar-refractivity contribution in [2.24, 2.45) is 0 Å². The van der Waals surface area contributed by atoms with Crippen LogP contribution in [0.4, 0.5) is 0 Å². The minimum Gasteiger partial charge on any atom is -0.481 e. The highest BCUT2D eigenvalue weighted by molar-refractivity contribution is 5.77. The van der Waals surface area contributed by atoms with Crippen LogP contribution in [0.1, 0.15) is 24.9 Å². The molecule has 1 atom stereocenters. The SMILES string of the molecule is CCOC(=O)C(c1ccc(OC)nc1)N1CCCNCC1. The van der Waals surface area contributed by atoms with E-state index in [4.69, 9.17) is 9.47 Å². The van der Waals surface area contributed by atoms with E-state index < -0.39 is 6.04 Å². The van der Waals surface area contributed by atoms with E-state index in [2.05, 4.69) is 15.2 Å². The lowest BCUT2D eigenvalue weighted by Crippen LogP contribution is -2.37. The van der Waals surface area contributed by atoms with Crippen LogP contribution in [0.5, 0.6) is 5.88 Å². The lowest BCUT2D eigenvalue weighted by Gasteiger charge is -2.28. The second-order valence-electron chi connectivity index (χ2n) is 4.93. The van der Waals surface area contributed by atoms with Crippen molar-refractivity contribution < 1.29 is 14.3 Å². The quantitative estimate of drug-likeness (QED) is 0.817. The molecule has 2 heterocycles. The summed E-state index contributed by atoms with van der Waals surface area (Å²) in [6, 6.07) is 3.26. The monoisotopic (exact) mass is 293 g/mol. The van der Waals surface area contributed by atoms with Gasteiger partial charge < -0.3 is 14.8 Å². The number of carbonyl (C=O) groups excluding carboxylic acids is 1. The van der Waals surface area contributed by atoms with Crippen molar-refractivity contribution in [3.63, 3.8) is 0 Å². The van der Waals surface area contributed by atoms with E-state index in [1.165, 1.54) is 0 Å². The van der Waals surface area contributed by atoms with Crippen LogP contribution >= 0.6 is 0 Å². The van der Waals surface area contributed by atoms with Crippen LogP contribution < -0.4 is 10.1 Å². The van der Waals surface area contributed by atoms with Crippen molar-refractivity contribution in [3.8, 4) is 5.88 Å². The van der Waals surface area contributed by atoms with Gasteiger partial charge in [0.05, 0.1) is 13.7 Å². The Balaban J connectivity index is 2.22. The fraction of sp³-hybridized carbons (Fsp3) is 0.600. The van der Waals surface area contributed by atoms with Gasteiger partial charge in [-0.2, -0.15) is 0 Å². The molecule has 2 rings (SSSR count). The lowest BCUT2D eigenvalue weighted by atomic mass is 10.1. The molecule has 0 aliphatic carbocycles. The minimum absolute atomic E-state index is 0.216.